The summed E-state index contributed by atoms with van der Waals surface area (Å²) in [7, 11) is 0. The topological polar surface area (TPSA) is 20.2 Å². The summed E-state index contributed by atoms with van der Waals surface area (Å²) in [6.07, 6.45) is 1.31. The Kier molecular flexibility index (Phi) is 2.86. The predicted octanol–water partition coefficient (Wildman–Crippen LogP) is 1.37. The molecule has 1 fully saturated rings. The molecule has 1 N–H and O–H groups in total. The smallest absolute Gasteiger partial charge is 0.0459 e. The van der Waals surface area contributed by atoms with Gasteiger partial charge in [-0.25, -0.2) is 0 Å². The first kappa shape index (κ1) is 7.42. The molecule has 1 aliphatic heterocycles. The predicted molar refractivity (Wildman–Crippen MR) is 41.7 cm³/mol. The van der Waals surface area contributed by atoms with Crippen molar-refractivity contribution in [3.8, 4) is 0 Å². The average Bonchev–Trinajstić information content (AvgIpc) is 2.37. The Balaban J connectivity index is 2.24. The molecule has 2 atom stereocenters. The number of aliphatic hydroxyl groups excluding tert-OH is 1. The largest absolute Gasteiger partial charge is 0.396 e. The lowest BCUT2D eigenvalue weighted by atomic mass is 9.95. The maximum atomic E-state index is 8.79. The Morgan fingerprint density at radius 1 is 1.78 bits per heavy atom. The molecule has 0 amide bonds. The zero-order valence-corrected chi connectivity index (χ0v) is 6.66. The highest BCUT2D eigenvalue weighted by Gasteiger charge is 2.20. The zero-order chi connectivity index (χ0) is 6.69. The minimum Gasteiger partial charge on any atom is -0.396 e. The van der Waals surface area contributed by atoms with Crippen LogP contribution in [-0.4, -0.2) is 23.2 Å². The maximum Gasteiger partial charge on any atom is 0.0459 e. The third-order valence-corrected chi connectivity index (χ3v) is 3.25. The number of hydrogen-bond acceptors (Lipinski definition) is 2. The van der Waals surface area contributed by atoms with E-state index in [-0.39, 0.29) is 0 Å². The highest BCUT2D eigenvalue weighted by Crippen LogP contribution is 2.28. The first-order valence-electron chi connectivity index (χ1n) is 3.53. The lowest BCUT2D eigenvalue weighted by molar-refractivity contribution is 0.198. The van der Waals surface area contributed by atoms with Gasteiger partial charge < -0.3 is 5.11 Å². The zero-order valence-electron chi connectivity index (χ0n) is 5.84. The van der Waals surface area contributed by atoms with Gasteiger partial charge in [0.1, 0.15) is 0 Å². The van der Waals surface area contributed by atoms with Crippen molar-refractivity contribution in [1.29, 1.82) is 0 Å². The van der Waals surface area contributed by atoms with Gasteiger partial charge >= 0.3 is 0 Å². The molecule has 1 rings (SSSR count). The maximum absolute atomic E-state index is 8.79. The lowest BCUT2D eigenvalue weighted by Crippen LogP contribution is -2.14. The minimum absolute atomic E-state index is 0.366. The number of thioether (sulfide) groups is 1. The fourth-order valence-electron chi connectivity index (χ4n) is 1.15. The molecule has 0 aliphatic carbocycles. The molecule has 0 aromatic heterocycles. The van der Waals surface area contributed by atoms with E-state index < -0.39 is 0 Å². The standard InChI is InChI=1S/C7H14OS/c1-6(4-8)7-2-3-9-5-7/h6-8H,2-5H2,1H3. The number of rotatable bonds is 2. The fraction of sp³-hybridized carbons (Fsp3) is 1.00. The van der Waals surface area contributed by atoms with Gasteiger partial charge in [-0.3, -0.25) is 0 Å². The summed E-state index contributed by atoms with van der Waals surface area (Å²) in [6.45, 7) is 2.50. The second kappa shape index (κ2) is 3.47. The van der Waals surface area contributed by atoms with Crippen molar-refractivity contribution in [3.63, 3.8) is 0 Å². The summed E-state index contributed by atoms with van der Waals surface area (Å²) in [5.74, 6) is 3.89. The molecular weight excluding hydrogens is 132 g/mol. The van der Waals surface area contributed by atoms with Crippen LogP contribution in [0.25, 0.3) is 0 Å². The van der Waals surface area contributed by atoms with Crippen molar-refractivity contribution in [3.05, 3.63) is 0 Å². The quantitative estimate of drug-likeness (QED) is 0.635. The first-order chi connectivity index (χ1) is 4.34. The second-order valence-corrected chi connectivity index (χ2v) is 3.93. The Bertz CT molecular complexity index is 79.0. The fourth-order valence-corrected chi connectivity index (χ4v) is 2.58. The summed E-state index contributed by atoms with van der Waals surface area (Å²) in [5, 5.41) is 8.79. The van der Waals surface area contributed by atoms with Crippen LogP contribution in [0.2, 0.25) is 0 Å². The molecule has 2 heteroatoms. The van der Waals surface area contributed by atoms with Gasteiger partial charge in [0, 0.05) is 6.61 Å². The van der Waals surface area contributed by atoms with Gasteiger partial charge in [-0.2, -0.15) is 11.8 Å². The molecule has 0 saturated carbocycles. The number of hydrogen-bond donors (Lipinski definition) is 1. The monoisotopic (exact) mass is 146 g/mol. The summed E-state index contributed by atoms with van der Waals surface area (Å²) in [6, 6.07) is 0. The van der Waals surface area contributed by atoms with Crippen LogP contribution in [0, 0.1) is 11.8 Å². The molecule has 1 nitrogen and oxygen atoms in total. The molecule has 1 heterocycles. The highest BCUT2D eigenvalue weighted by molar-refractivity contribution is 7.99. The van der Waals surface area contributed by atoms with E-state index in [0.717, 1.165) is 5.92 Å². The van der Waals surface area contributed by atoms with Crippen LogP contribution in [0.3, 0.4) is 0 Å². The highest BCUT2D eigenvalue weighted by atomic mass is 32.2. The molecule has 0 spiro atoms. The Morgan fingerprint density at radius 2 is 2.56 bits per heavy atom. The third-order valence-electron chi connectivity index (χ3n) is 2.06. The van der Waals surface area contributed by atoms with E-state index in [0.29, 0.717) is 12.5 Å². The van der Waals surface area contributed by atoms with Crippen LogP contribution in [0.15, 0.2) is 0 Å². The van der Waals surface area contributed by atoms with Crippen molar-refractivity contribution in [2.24, 2.45) is 11.8 Å². The molecule has 0 bridgehead atoms. The van der Waals surface area contributed by atoms with Gasteiger partial charge in [0.25, 0.3) is 0 Å². The summed E-state index contributed by atoms with van der Waals surface area (Å²) in [5.41, 5.74) is 0. The lowest BCUT2D eigenvalue weighted by Gasteiger charge is -2.13. The Morgan fingerprint density at radius 3 is 3.00 bits per heavy atom. The van der Waals surface area contributed by atoms with E-state index in [1.807, 2.05) is 11.8 Å². The van der Waals surface area contributed by atoms with Gasteiger partial charge in [0.2, 0.25) is 0 Å². The summed E-state index contributed by atoms with van der Waals surface area (Å²) >= 11 is 2.01. The van der Waals surface area contributed by atoms with Crippen LogP contribution in [-0.2, 0) is 0 Å². The van der Waals surface area contributed by atoms with Crippen LogP contribution in [0.5, 0.6) is 0 Å². The van der Waals surface area contributed by atoms with E-state index in [2.05, 4.69) is 6.92 Å². The van der Waals surface area contributed by atoms with Gasteiger partial charge in [-0.05, 0) is 29.8 Å². The Labute approximate surface area is 60.8 Å². The van der Waals surface area contributed by atoms with Crippen molar-refractivity contribution in [2.75, 3.05) is 18.1 Å². The van der Waals surface area contributed by atoms with Gasteiger partial charge in [-0.15, -0.1) is 0 Å². The molecule has 2 unspecified atom stereocenters. The number of aliphatic hydroxyl groups is 1. The summed E-state index contributed by atoms with van der Waals surface area (Å²) < 4.78 is 0. The third kappa shape index (κ3) is 1.87. The van der Waals surface area contributed by atoms with Crippen molar-refractivity contribution < 1.29 is 5.11 Å². The van der Waals surface area contributed by atoms with E-state index in [4.69, 9.17) is 5.11 Å². The molecule has 0 aromatic carbocycles. The minimum atomic E-state index is 0.366. The van der Waals surface area contributed by atoms with E-state index in [1.165, 1.54) is 17.9 Å². The SMILES string of the molecule is CC(CO)C1CCSC1. The van der Waals surface area contributed by atoms with E-state index >= 15 is 0 Å². The van der Waals surface area contributed by atoms with Crippen molar-refractivity contribution in [1.82, 2.24) is 0 Å². The van der Waals surface area contributed by atoms with E-state index in [9.17, 15) is 0 Å². The summed E-state index contributed by atoms with van der Waals surface area (Å²) in [4.78, 5) is 0. The molecule has 1 saturated heterocycles. The molecular formula is C7H14OS. The van der Waals surface area contributed by atoms with Gasteiger partial charge in [0.15, 0.2) is 0 Å². The molecule has 0 aromatic rings. The van der Waals surface area contributed by atoms with Crippen molar-refractivity contribution in [2.45, 2.75) is 13.3 Å². The van der Waals surface area contributed by atoms with Gasteiger partial charge in [0.05, 0.1) is 0 Å². The van der Waals surface area contributed by atoms with E-state index in [1.54, 1.807) is 0 Å². The Hall–Kier alpha value is 0.310. The van der Waals surface area contributed by atoms with Crippen LogP contribution >= 0.6 is 11.8 Å². The van der Waals surface area contributed by atoms with Crippen LogP contribution in [0.4, 0.5) is 0 Å². The van der Waals surface area contributed by atoms with Crippen LogP contribution in [0.1, 0.15) is 13.3 Å². The molecule has 1 aliphatic rings. The van der Waals surface area contributed by atoms with Crippen molar-refractivity contribution >= 4 is 11.8 Å². The second-order valence-electron chi connectivity index (χ2n) is 2.78. The van der Waals surface area contributed by atoms with Gasteiger partial charge in [-0.1, -0.05) is 6.92 Å². The van der Waals surface area contributed by atoms with Crippen LogP contribution < -0.4 is 0 Å². The normalized spacial score (nSPS) is 30.7. The first-order valence-corrected chi connectivity index (χ1v) is 4.68. The molecule has 9 heavy (non-hydrogen) atoms. The molecule has 0 radical (unpaired) electrons. The molecule has 54 valence electrons. The average molecular weight is 146 g/mol.